The van der Waals surface area contributed by atoms with Gasteiger partial charge in [0, 0.05) is 29.6 Å². The van der Waals surface area contributed by atoms with Crippen molar-refractivity contribution in [1.29, 1.82) is 0 Å². The molecule has 8 heavy (non-hydrogen) atoms. The van der Waals surface area contributed by atoms with E-state index in [9.17, 15) is 0 Å². The molecule has 7 heteroatoms. The van der Waals surface area contributed by atoms with Gasteiger partial charge in [0.15, 0.2) is 0 Å². The minimum absolute atomic E-state index is 0. The van der Waals surface area contributed by atoms with Gasteiger partial charge in [0.1, 0.15) is 0 Å². The molecule has 0 aromatic heterocycles. The second kappa shape index (κ2) is 27.3. The Morgan fingerprint density at radius 1 is 1.25 bits per heavy atom. The summed E-state index contributed by atoms with van der Waals surface area (Å²) in [6.45, 7) is 0. The smallest absolute Gasteiger partial charge is 0.402 e. The summed E-state index contributed by atoms with van der Waals surface area (Å²) in [5.74, 6) is 0. The van der Waals surface area contributed by atoms with Crippen LogP contribution in [0.4, 0.5) is 4.79 Å². The van der Waals surface area contributed by atoms with Gasteiger partial charge >= 0.3 is 6.09 Å². The predicted octanol–water partition coefficient (Wildman–Crippen LogP) is -3.23. The molecule has 0 saturated carbocycles. The second-order valence-electron chi connectivity index (χ2n) is 0.338. The molecule has 0 aliphatic rings. The fraction of sp³-hybridized carbons (Fsp3) is 0. The first-order valence-electron chi connectivity index (χ1n) is 0.716. The Morgan fingerprint density at radius 2 is 1.25 bits per heavy atom. The minimum Gasteiger partial charge on any atom is -0.465 e. The molecule has 0 saturated heterocycles. The van der Waals surface area contributed by atoms with E-state index in [1.54, 1.807) is 0 Å². The maximum atomic E-state index is 8.78. The van der Waals surface area contributed by atoms with Crippen LogP contribution in [0.25, 0.3) is 0 Å². The summed E-state index contributed by atoms with van der Waals surface area (Å²) in [5.41, 5.74) is 4.03. The van der Waals surface area contributed by atoms with Gasteiger partial charge < -0.3 is 27.3 Å². The van der Waals surface area contributed by atoms with Crippen molar-refractivity contribution in [3.05, 3.63) is 0 Å². The fourth-order valence-corrected chi connectivity index (χ4v) is 0. The Hall–Kier alpha value is 0.150. The molecule has 0 aromatic rings. The van der Waals surface area contributed by atoms with Gasteiger partial charge in [-0.15, -0.1) is 0 Å². The van der Waals surface area contributed by atoms with Gasteiger partial charge in [-0.05, 0) is 0 Å². The average molecular weight is 138 g/mol. The van der Waals surface area contributed by atoms with E-state index in [0.717, 1.165) is 0 Å². The monoisotopic (exact) mass is 138 g/mol. The number of hydrogen-bond acceptors (Lipinski definition) is 1. The summed E-state index contributed by atoms with van der Waals surface area (Å²) in [6, 6.07) is 0. The van der Waals surface area contributed by atoms with Crippen molar-refractivity contribution in [3.63, 3.8) is 0 Å². The van der Waals surface area contributed by atoms with Crippen molar-refractivity contribution >= 4 is 35.7 Å². The number of rotatable bonds is 0. The topological polar surface area (TPSA) is 158 Å². The van der Waals surface area contributed by atoms with Crippen molar-refractivity contribution in [3.8, 4) is 0 Å². The van der Waals surface area contributed by atoms with E-state index in [2.05, 4.69) is 5.73 Å². The number of primary amides is 1. The van der Waals surface area contributed by atoms with Gasteiger partial charge in [-0.25, -0.2) is 4.79 Å². The van der Waals surface area contributed by atoms with Crippen LogP contribution in [0.5, 0.6) is 0 Å². The summed E-state index contributed by atoms with van der Waals surface area (Å²) in [7, 11) is 0. The van der Waals surface area contributed by atoms with Crippen LogP contribution in [0.2, 0.25) is 0 Å². The van der Waals surface area contributed by atoms with Gasteiger partial charge in [0.2, 0.25) is 0 Å². The second-order valence-corrected chi connectivity index (χ2v) is 0.338. The molecule has 6 nitrogen and oxygen atoms in total. The third kappa shape index (κ3) is 7250. The van der Waals surface area contributed by atoms with Gasteiger partial charge in [-0.2, -0.15) is 0 Å². The van der Waals surface area contributed by atoms with Gasteiger partial charge in [-0.3, -0.25) is 0 Å². The predicted molar refractivity (Wildman–Crippen MR) is 28.8 cm³/mol. The standard InChI is InChI=1S/CH3NO2.Na.3H2O/c2-1(3)4;;;;/h2H2,(H,3,4);;3*1H2. The SMILES string of the molecule is NC(=O)O.O.O.O.[Na]. The summed E-state index contributed by atoms with van der Waals surface area (Å²) in [4.78, 5) is 8.78. The summed E-state index contributed by atoms with van der Waals surface area (Å²) in [5, 5.41) is 7.19. The molecule has 0 fully saturated rings. The molecule has 0 aliphatic carbocycles. The van der Waals surface area contributed by atoms with E-state index in [0.29, 0.717) is 0 Å². The molecule has 0 heterocycles. The first-order chi connectivity index (χ1) is 1.73. The van der Waals surface area contributed by atoms with E-state index in [1.807, 2.05) is 0 Å². The summed E-state index contributed by atoms with van der Waals surface area (Å²) >= 11 is 0. The third-order valence-corrected chi connectivity index (χ3v) is 0. The van der Waals surface area contributed by atoms with Crippen LogP contribution in [0.3, 0.4) is 0 Å². The Morgan fingerprint density at radius 3 is 1.25 bits per heavy atom. The first-order valence-corrected chi connectivity index (χ1v) is 0.716. The largest absolute Gasteiger partial charge is 0.465 e. The molecule has 0 aliphatic heterocycles. The Balaban J connectivity index is -0.00000000750. The van der Waals surface area contributed by atoms with Crippen molar-refractivity contribution in [1.82, 2.24) is 0 Å². The molecule has 0 rings (SSSR count). The van der Waals surface area contributed by atoms with E-state index < -0.39 is 6.09 Å². The van der Waals surface area contributed by atoms with Crippen molar-refractivity contribution in [2.45, 2.75) is 0 Å². The molecule has 0 aromatic carbocycles. The normalized spacial score (nSPS) is 3.00. The Labute approximate surface area is 67.9 Å². The zero-order chi connectivity index (χ0) is 3.58. The van der Waals surface area contributed by atoms with Crippen molar-refractivity contribution < 1.29 is 26.3 Å². The van der Waals surface area contributed by atoms with Crippen molar-refractivity contribution in [2.75, 3.05) is 0 Å². The minimum atomic E-state index is -1.33. The van der Waals surface area contributed by atoms with Crippen LogP contribution >= 0.6 is 0 Å². The van der Waals surface area contributed by atoms with Crippen LogP contribution in [0.15, 0.2) is 0 Å². The fourth-order valence-electron chi connectivity index (χ4n) is 0. The van der Waals surface area contributed by atoms with Crippen LogP contribution in [0, 0.1) is 0 Å². The first kappa shape index (κ1) is 42.0. The van der Waals surface area contributed by atoms with Crippen LogP contribution in [-0.2, 0) is 0 Å². The van der Waals surface area contributed by atoms with Crippen molar-refractivity contribution in [2.24, 2.45) is 5.73 Å². The molecule has 0 spiro atoms. The number of nitrogens with two attached hydrogens (primary N) is 1. The van der Waals surface area contributed by atoms with Gasteiger partial charge in [0.05, 0.1) is 0 Å². The molecule has 0 unspecified atom stereocenters. The molecular weight excluding hydrogens is 129 g/mol. The molecule has 1 amide bonds. The van der Waals surface area contributed by atoms with Crippen LogP contribution < -0.4 is 5.73 Å². The van der Waals surface area contributed by atoms with E-state index in [-0.39, 0.29) is 46.0 Å². The average Bonchev–Trinajstić information content (AvgIpc) is 0.811. The van der Waals surface area contributed by atoms with E-state index >= 15 is 0 Å². The van der Waals surface area contributed by atoms with E-state index in [1.165, 1.54) is 0 Å². The third-order valence-electron chi connectivity index (χ3n) is 0. The van der Waals surface area contributed by atoms with Gasteiger partial charge in [-0.1, -0.05) is 0 Å². The Bertz CT molecular complexity index is 35.4. The number of carbonyl (C=O) groups is 1. The van der Waals surface area contributed by atoms with Crippen LogP contribution in [-0.4, -0.2) is 57.2 Å². The zero-order valence-electron chi connectivity index (χ0n) is 4.43. The Kier molecular flexibility index (Phi) is 143. The zero-order valence-corrected chi connectivity index (χ0v) is 6.43. The molecule has 0 atom stereocenters. The van der Waals surface area contributed by atoms with E-state index in [4.69, 9.17) is 9.90 Å². The quantitative estimate of drug-likeness (QED) is 0.337. The maximum Gasteiger partial charge on any atom is 0.402 e. The number of amides is 1. The summed E-state index contributed by atoms with van der Waals surface area (Å²) in [6.07, 6.45) is -1.33. The molecule has 0 bridgehead atoms. The number of carboxylic acid groups (broad SMARTS) is 1. The maximum absolute atomic E-state index is 8.78. The van der Waals surface area contributed by atoms with Gasteiger partial charge in [0.25, 0.3) is 0 Å². The molecular formula is CH9NNaO5. The molecule has 49 valence electrons. The molecule has 1 radical (unpaired) electrons. The van der Waals surface area contributed by atoms with Crippen LogP contribution in [0.1, 0.15) is 0 Å². The molecule has 9 N–H and O–H groups in total. The summed E-state index contributed by atoms with van der Waals surface area (Å²) < 4.78 is 0. The number of hydrogen-bond donors (Lipinski definition) is 2.